The average molecular weight is 548 g/mol. The molecule has 0 aliphatic carbocycles. The van der Waals surface area contributed by atoms with Crippen LogP contribution in [0.1, 0.15) is 5.56 Å². The van der Waals surface area contributed by atoms with E-state index in [0.29, 0.717) is 17.2 Å². The molecule has 0 radical (unpaired) electrons. The molecule has 3 aromatic rings. The van der Waals surface area contributed by atoms with Crippen LogP contribution in [-0.2, 0) is 20.9 Å². The quantitative estimate of drug-likeness (QED) is 0.178. The van der Waals surface area contributed by atoms with Gasteiger partial charge in [0.15, 0.2) is 0 Å². The fourth-order valence-corrected chi connectivity index (χ4v) is 3.17. The Morgan fingerprint density at radius 3 is 2.26 bits per heavy atom. The first kappa shape index (κ1) is 28.9. The average Bonchev–Trinajstić information content (AvgIpc) is 2.89. The minimum absolute atomic E-state index is 0.0878. The second-order valence-corrected chi connectivity index (χ2v) is 7.85. The first-order chi connectivity index (χ1) is 18.6. The molecule has 3 aromatic carbocycles. The van der Waals surface area contributed by atoms with Crippen LogP contribution < -0.4 is 25.8 Å². The zero-order chi connectivity index (χ0) is 28.3. The molecule has 3 rings (SSSR count). The lowest BCUT2D eigenvalue weighted by molar-refractivity contribution is -0.275. The molecule has 0 fully saturated rings. The smallest absolute Gasteiger partial charge is 0.457 e. The Balaban J connectivity index is 1.64. The van der Waals surface area contributed by atoms with Gasteiger partial charge in [0.25, 0.3) is 0 Å². The molecule has 206 valence electrons. The van der Waals surface area contributed by atoms with Crippen molar-refractivity contribution in [2.45, 2.75) is 19.0 Å². The number of anilines is 1. The van der Waals surface area contributed by atoms with E-state index in [1.807, 2.05) is 0 Å². The number of hydrogen-bond donors (Lipinski definition) is 3. The van der Waals surface area contributed by atoms with Crippen molar-refractivity contribution in [3.05, 3.63) is 84.2 Å². The Kier molecular flexibility index (Phi) is 10.2. The highest BCUT2D eigenvalue weighted by atomic mass is 19.4. The van der Waals surface area contributed by atoms with Gasteiger partial charge in [-0.3, -0.25) is 14.6 Å². The minimum Gasteiger partial charge on any atom is -0.457 e. The Bertz CT molecular complexity index is 1270. The fraction of sp³-hybridized carbons (Fsp3) is 0.192. The van der Waals surface area contributed by atoms with Crippen LogP contribution in [0.5, 0.6) is 17.2 Å². The normalized spacial score (nSPS) is 12.1. The molecule has 0 heterocycles. The highest BCUT2D eigenvalue weighted by molar-refractivity contribution is 5.97. The molecule has 0 unspecified atom stereocenters. The number of hydrogen-bond acceptors (Lipinski definition) is 6. The van der Waals surface area contributed by atoms with Crippen LogP contribution in [0, 0.1) is 5.82 Å². The standard InChI is InChI=1S/C26H24F4N4O5/c27-18-5-9-20(10-6-18)38-21-11-7-19(8-12-21)33-25(36)22(34-24(35)13-32-16-31)15-37-14-17-3-1-2-4-23(17)39-26(28,29)30/h1-12,16,22H,13-15H2,(H2,31,32)(H,33,36)(H,34,35)/t22-/m0/s1. The number of carbonyl (C=O) groups is 2. The second kappa shape index (κ2) is 13.8. The number of alkyl halides is 3. The fourth-order valence-electron chi connectivity index (χ4n) is 3.17. The number of aliphatic imine (C=N–C) groups is 1. The Labute approximate surface area is 220 Å². The third-order valence-corrected chi connectivity index (χ3v) is 4.90. The number of nitrogens with two attached hydrogens (primary N) is 1. The van der Waals surface area contributed by atoms with E-state index in [4.69, 9.17) is 15.2 Å². The van der Waals surface area contributed by atoms with E-state index in [2.05, 4.69) is 20.4 Å². The predicted molar refractivity (Wildman–Crippen MR) is 134 cm³/mol. The van der Waals surface area contributed by atoms with Gasteiger partial charge in [-0.05, 0) is 54.6 Å². The molecule has 0 saturated carbocycles. The molecular weight excluding hydrogens is 524 g/mol. The third-order valence-electron chi connectivity index (χ3n) is 4.90. The maximum absolute atomic E-state index is 13.1. The number of halogens is 4. The summed E-state index contributed by atoms with van der Waals surface area (Å²) in [7, 11) is 0. The number of nitrogens with one attached hydrogen (secondary N) is 2. The molecule has 0 bridgehead atoms. The van der Waals surface area contributed by atoms with Gasteiger partial charge in [-0.25, -0.2) is 4.39 Å². The first-order valence-electron chi connectivity index (χ1n) is 11.4. The van der Waals surface area contributed by atoms with E-state index in [1.54, 1.807) is 24.3 Å². The number of carbonyl (C=O) groups excluding carboxylic acids is 2. The highest BCUT2D eigenvalue weighted by Crippen LogP contribution is 2.27. The summed E-state index contributed by atoms with van der Waals surface area (Å²) in [5, 5.41) is 5.07. The van der Waals surface area contributed by atoms with Crippen LogP contribution in [-0.4, -0.2) is 43.7 Å². The molecule has 13 heteroatoms. The topological polar surface area (TPSA) is 124 Å². The monoisotopic (exact) mass is 548 g/mol. The summed E-state index contributed by atoms with van der Waals surface area (Å²) in [4.78, 5) is 28.7. The summed E-state index contributed by atoms with van der Waals surface area (Å²) < 4.78 is 66.1. The number of amides is 2. The van der Waals surface area contributed by atoms with Crippen molar-refractivity contribution in [2.75, 3.05) is 18.5 Å². The van der Waals surface area contributed by atoms with Crippen molar-refractivity contribution >= 4 is 23.8 Å². The molecule has 0 aliphatic rings. The van der Waals surface area contributed by atoms with Crippen molar-refractivity contribution < 1.29 is 41.4 Å². The number of rotatable bonds is 12. The van der Waals surface area contributed by atoms with Gasteiger partial charge in [0, 0.05) is 11.3 Å². The SMILES string of the molecule is NC=NCC(=O)N[C@@H](COCc1ccccc1OC(F)(F)F)C(=O)Nc1ccc(Oc2ccc(F)cc2)cc1. The van der Waals surface area contributed by atoms with Gasteiger partial charge in [0.2, 0.25) is 11.8 Å². The van der Waals surface area contributed by atoms with Crippen molar-refractivity contribution in [2.24, 2.45) is 10.7 Å². The van der Waals surface area contributed by atoms with Gasteiger partial charge in [0.1, 0.15) is 35.7 Å². The molecular formula is C26H24F4N4O5. The third kappa shape index (κ3) is 9.97. The molecule has 9 nitrogen and oxygen atoms in total. The lowest BCUT2D eigenvalue weighted by Crippen LogP contribution is -2.47. The van der Waals surface area contributed by atoms with Crippen molar-refractivity contribution in [1.29, 1.82) is 0 Å². The van der Waals surface area contributed by atoms with Gasteiger partial charge in [0.05, 0.1) is 19.6 Å². The van der Waals surface area contributed by atoms with E-state index in [0.717, 1.165) is 12.4 Å². The van der Waals surface area contributed by atoms with Crippen LogP contribution in [0.2, 0.25) is 0 Å². The zero-order valence-corrected chi connectivity index (χ0v) is 20.3. The summed E-state index contributed by atoms with van der Waals surface area (Å²) in [6.45, 7) is -1.06. The molecule has 0 aromatic heterocycles. The maximum Gasteiger partial charge on any atom is 0.573 e. The minimum atomic E-state index is -4.89. The van der Waals surface area contributed by atoms with Crippen LogP contribution in [0.25, 0.3) is 0 Å². The predicted octanol–water partition coefficient (Wildman–Crippen LogP) is 4.14. The van der Waals surface area contributed by atoms with E-state index in [-0.39, 0.29) is 25.3 Å². The van der Waals surface area contributed by atoms with E-state index in [9.17, 15) is 27.2 Å². The van der Waals surface area contributed by atoms with Crippen LogP contribution in [0.15, 0.2) is 77.8 Å². The number of nitrogens with zero attached hydrogens (tertiary/aromatic N) is 1. The van der Waals surface area contributed by atoms with E-state index < -0.39 is 35.8 Å². The van der Waals surface area contributed by atoms with Crippen LogP contribution in [0.4, 0.5) is 23.2 Å². The molecule has 0 saturated heterocycles. The molecule has 1 atom stereocenters. The van der Waals surface area contributed by atoms with Crippen molar-refractivity contribution in [3.8, 4) is 17.2 Å². The zero-order valence-electron chi connectivity index (χ0n) is 20.3. The first-order valence-corrected chi connectivity index (χ1v) is 11.4. The van der Waals surface area contributed by atoms with Crippen LogP contribution in [0.3, 0.4) is 0 Å². The van der Waals surface area contributed by atoms with Gasteiger partial charge in [-0.2, -0.15) is 0 Å². The van der Waals surface area contributed by atoms with Gasteiger partial charge < -0.3 is 30.6 Å². The second-order valence-electron chi connectivity index (χ2n) is 7.85. The molecule has 4 N–H and O–H groups in total. The maximum atomic E-state index is 13.1. The Morgan fingerprint density at radius 1 is 0.974 bits per heavy atom. The Morgan fingerprint density at radius 2 is 1.62 bits per heavy atom. The molecule has 39 heavy (non-hydrogen) atoms. The Hall–Kier alpha value is -4.65. The summed E-state index contributed by atoms with van der Waals surface area (Å²) in [5.74, 6) is -1.31. The summed E-state index contributed by atoms with van der Waals surface area (Å²) in [6, 6.07) is 15.8. The summed E-state index contributed by atoms with van der Waals surface area (Å²) in [6.07, 6.45) is -3.96. The number of benzene rings is 3. The van der Waals surface area contributed by atoms with Gasteiger partial charge in [-0.1, -0.05) is 18.2 Å². The van der Waals surface area contributed by atoms with Gasteiger partial charge >= 0.3 is 6.36 Å². The van der Waals surface area contributed by atoms with Crippen molar-refractivity contribution in [3.63, 3.8) is 0 Å². The van der Waals surface area contributed by atoms with Gasteiger partial charge in [-0.15, -0.1) is 13.2 Å². The molecule has 0 spiro atoms. The molecule has 2 amide bonds. The van der Waals surface area contributed by atoms with Crippen molar-refractivity contribution in [1.82, 2.24) is 5.32 Å². The summed E-state index contributed by atoms with van der Waals surface area (Å²) >= 11 is 0. The number of para-hydroxylation sites is 1. The highest BCUT2D eigenvalue weighted by Gasteiger charge is 2.32. The largest absolute Gasteiger partial charge is 0.573 e. The number of ether oxygens (including phenoxy) is 3. The summed E-state index contributed by atoms with van der Waals surface area (Å²) in [5.41, 5.74) is 5.59. The molecule has 0 aliphatic heterocycles. The lowest BCUT2D eigenvalue weighted by atomic mass is 10.2. The lowest BCUT2D eigenvalue weighted by Gasteiger charge is -2.19. The van der Waals surface area contributed by atoms with Crippen LogP contribution >= 0.6 is 0 Å². The van der Waals surface area contributed by atoms with E-state index >= 15 is 0 Å². The van der Waals surface area contributed by atoms with E-state index in [1.165, 1.54) is 42.5 Å².